The van der Waals surface area contributed by atoms with Crippen molar-refractivity contribution in [3.8, 4) is 0 Å². The van der Waals surface area contributed by atoms with Crippen molar-refractivity contribution in [1.29, 1.82) is 0 Å². The van der Waals surface area contributed by atoms with Gasteiger partial charge in [0.15, 0.2) is 9.84 Å². The second kappa shape index (κ2) is 6.01. The molecule has 0 saturated carbocycles. The second-order valence-corrected chi connectivity index (χ2v) is 8.54. The Morgan fingerprint density at radius 3 is 2.59 bits per heavy atom. The topological polar surface area (TPSA) is 59.9 Å². The molecule has 0 N–H and O–H groups in total. The van der Waals surface area contributed by atoms with E-state index in [0.29, 0.717) is 4.90 Å². The van der Waals surface area contributed by atoms with Gasteiger partial charge in [-0.25, -0.2) is 18.4 Å². The Bertz CT molecular complexity index is 817. The van der Waals surface area contributed by atoms with Crippen molar-refractivity contribution in [3.05, 3.63) is 41.3 Å². The van der Waals surface area contributed by atoms with Crippen molar-refractivity contribution in [2.75, 3.05) is 6.26 Å². The Morgan fingerprint density at radius 2 is 1.82 bits per heavy atom. The predicted octanol–water partition coefficient (Wildman–Crippen LogP) is 3.22. The quantitative estimate of drug-likeness (QED) is 0.807. The lowest BCUT2D eigenvalue weighted by atomic mass is 9.97. The molecule has 0 saturated heterocycles. The molecule has 0 spiro atoms. The van der Waals surface area contributed by atoms with Gasteiger partial charge in [0.1, 0.15) is 10.9 Å². The van der Waals surface area contributed by atoms with Gasteiger partial charge in [-0.15, -0.1) is 0 Å². The zero-order valence-corrected chi connectivity index (χ0v) is 14.3. The third kappa shape index (κ3) is 3.17. The van der Waals surface area contributed by atoms with Crippen LogP contribution in [0, 0.1) is 6.92 Å². The molecule has 1 aliphatic rings. The highest BCUT2D eigenvalue weighted by atomic mass is 32.2. The molecule has 0 atom stereocenters. The van der Waals surface area contributed by atoms with Crippen molar-refractivity contribution in [2.24, 2.45) is 0 Å². The highest BCUT2D eigenvalue weighted by Gasteiger charge is 2.20. The number of benzene rings is 1. The number of hydrogen-bond donors (Lipinski definition) is 0. The van der Waals surface area contributed by atoms with Crippen LogP contribution in [0.3, 0.4) is 0 Å². The van der Waals surface area contributed by atoms with E-state index in [4.69, 9.17) is 0 Å². The van der Waals surface area contributed by atoms with Crippen LogP contribution >= 0.6 is 11.8 Å². The molecule has 0 fully saturated rings. The van der Waals surface area contributed by atoms with Crippen molar-refractivity contribution in [2.45, 2.75) is 47.4 Å². The fourth-order valence-corrected chi connectivity index (χ4v) is 5.09. The summed E-state index contributed by atoms with van der Waals surface area (Å²) >= 11 is 1.44. The molecule has 0 radical (unpaired) electrons. The van der Waals surface area contributed by atoms with Gasteiger partial charge in [-0.1, -0.05) is 23.9 Å². The summed E-state index contributed by atoms with van der Waals surface area (Å²) in [5.74, 6) is 0.750. The number of fused-ring (bicyclic) bond motifs is 1. The summed E-state index contributed by atoms with van der Waals surface area (Å²) in [7, 11) is -3.25. The van der Waals surface area contributed by atoms with Gasteiger partial charge in [-0.3, -0.25) is 0 Å². The van der Waals surface area contributed by atoms with Crippen LogP contribution in [-0.2, 0) is 22.7 Å². The maximum atomic E-state index is 12.0. The third-order valence-electron chi connectivity index (χ3n) is 3.71. The van der Waals surface area contributed by atoms with Crippen molar-refractivity contribution in [3.63, 3.8) is 0 Å². The normalized spacial score (nSPS) is 14.6. The SMILES string of the molecule is Cc1nc2c(c(Sc3ccccc3S(C)(=O)=O)n1)CCCC2. The standard InChI is InChI=1S/C16H18N2O2S2/c1-11-17-13-8-4-3-7-12(13)16(18-11)21-14-9-5-6-10-15(14)22(2,19)20/h5-6,9-10H,3-4,7-8H2,1-2H3. The van der Waals surface area contributed by atoms with Gasteiger partial charge in [0.05, 0.1) is 4.90 Å². The highest BCUT2D eigenvalue weighted by Crippen LogP contribution is 2.36. The minimum absolute atomic E-state index is 0.362. The molecule has 1 heterocycles. The summed E-state index contributed by atoms with van der Waals surface area (Å²) in [5, 5.41) is 0.901. The maximum absolute atomic E-state index is 12.0. The summed E-state index contributed by atoms with van der Waals surface area (Å²) in [6.45, 7) is 1.89. The van der Waals surface area contributed by atoms with E-state index in [1.54, 1.807) is 12.1 Å². The van der Waals surface area contributed by atoms with E-state index in [1.807, 2.05) is 19.1 Å². The van der Waals surface area contributed by atoms with Gasteiger partial charge < -0.3 is 0 Å². The molecule has 1 aromatic carbocycles. The predicted molar refractivity (Wildman–Crippen MR) is 87.1 cm³/mol. The Hall–Kier alpha value is -1.40. The van der Waals surface area contributed by atoms with E-state index < -0.39 is 9.84 Å². The number of hydrogen-bond acceptors (Lipinski definition) is 5. The molecule has 6 heteroatoms. The molecule has 4 nitrogen and oxygen atoms in total. The lowest BCUT2D eigenvalue weighted by molar-refractivity contribution is 0.600. The van der Waals surface area contributed by atoms with Gasteiger partial charge in [0, 0.05) is 22.4 Å². The van der Waals surface area contributed by atoms with Crippen LogP contribution in [0.15, 0.2) is 39.1 Å². The number of rotatable bonds is 3. The first kappa shape index (κ1) is 15.5. The Morgan fingerprint density at radius 1 is 1.09 bits per heavy atom. The van der Waals surface area contributed by atoms with Crippen LogP contribution in [0.1, 0.15) is 29.9 Å². The molecular weight excluding hydrogens is 316 g/mol. The first-order valence-electron chi connectivity index (χ1n) is 7.28. The van der Waals surface area contributed by atoms with Crippen LogP contribution in [0.4, 0.5) is 0 Å². The van der Waals surface area contributed by atoms with E-state index >= 15 is 0 Å². The van der Waals surface area contributed by atoms with Gasteiger partial charge >= 0.3 is 0 Å². The lowest BCUT2D eigenvalue weighted by Gasteiger charge is -2.18. The number of aromatic nitrogens is 2. The summed E-state index contributed by atoms with van der Waals surface area (Å²) < 4.78 is 23.9. The van der Waals surface area contributed by atoms with Gasteiger partial charge in [-0.05, 0) is 44.7 Å². The third-order valence-corrected chi connectivity index (χ3v) is 6.10. The average Bonchev–Trinajstić information content (AvgIpc) is 2.46. The lowest BCUT2D eigenvalue weighted by Crippen LogP contribution is -2.10. The van der Waals surface area contributed by atoms with E-state index in [-0.39, 0.29) is 0 Å². The van der Waals surface area contributed by atoms with E-state index in [2.05, 4.69) is 9.97 Å². The van der Waals surface area contributed by atoms with Gasteiger partial charge in [-0.2, -0.15) is 0 Å². The average molecular weight is 334 g/mol. The Kier molecular flexibility index (Phi) is 4.23. The molecule has 22 heavy (non-hydrogen) atoms. The Balaban J connectivity index is 2.07. The summed E-state index contributed by atoms with van der Waals surface area (Å²) in [4.78, 5) is 10.2. The molecular formula is C16H18N2O2S2. The highest BCUT2D eigenvalue weighted by molar-refractivity contribution is 8.00. The van der Waals surface area contributed by atoms with Crippen LogP contribution < -0.4 is 0 Å². The molecule has 1 aliphatic carbocycles. The second-order valence-electron chi connectivity index (χ2n) is 5.53. The molecule has 3 rings (SSSR count). The monoisotopic (exact) mass is 334 g/mol. The van der Waals surface area contributed by atoms with Crippen molar-refractivity contribution >= 4 is 21.6 Å². The summed E-state index contributed by atoms with van der Waals surface area (Å²) in [6.07, 6.45) is 5.50. The van der Waals surface area contributed by atoms with Crippen LogP contribution in [0.2, 0.25) is 0 Å². The number of aryl methyl sites for hydroxylation is 2. The van der Waals surface area contributed by atoms with Crippen LogP contribution in [0.5, 0.6) is 0 Å². The van der Waals surface area contributed by atoms with E-state index in [1.165, 1.54) is 23.6 Å². The first-order chi connectivity index (χ1) is 10.4. The van der Waals surface area contributed by atoms with E-state index in [9.17, 15) is 8.42 Å². The molecule has 1 aromatic heterocycles. The molecule has 0 aliphatic heterocycles. The molecule has 0 unspecified atom stereocenters. The van der Waals surface area contributed by atoms with Crippen LogP contribution in [0.25, 0.3) is 0 Å². The summed E-state index contributed by atoms with van der Waals surface area (Å²) in [6, 6.07) is 7.10. The number of nitrogens with zero attached hydrogens (tertiary/aromatic N) is 2. The number of sulfone groups is 1. The summed E-state index contributed by atoms with van der Waals surface area (Å²) in [5.41, 5.74) is 2.31. The molecule has 2 aromatic rings. The first-order valence-corrected chi connectivity index (χ1v) is 9.99. The zero-order chi connectivity index (χ0) is 15.7. The van der Waals surface area contributed by atoms with Crippen molar-refractivity contribution in [1.82, 2.24) is 9.97 Å². The molecule has 0 amide bonds. The molecule has 0 bridgehead atoms. The fourth-order valence-electron chi connectivity index (χ4n) is 2.71. The smallest absolute Gasteiger partial charge is 0.176 e. The van der Waals surface area contributed by atoms with Crippen molar-refractivity contribution < 1.29 is 8.42 Å². The zero-order valence-electron chi connectivity index (χ0n) is 12.7. The van der Waals surface area contributed by atoms with Gasteiger partial charge in [0.2, 0.25) is 0 Å². The fraction of sp³-hybridized carbons (Fsp3) is 0.375. The maximum Gasteiger partial charge on any atom is 0.176 e. The minimum Gasteiger partial charge on any atom is -0.238 e. The minimum atomic E-state index is -3.25. The molecule has 116 valence electrons. The van der Waals surface area contributed by atoms with Crippen LogP contribution in [-0.4, -0.2) is 24.6 Å². The Labute approximate surface area is 135 Å². The largest absolute Gasteiger partial charge is 0.238 e. The van der Waals surface area contributed by atoms with E-state index in [0.717, 1.165) is 47.1 Å². The van der Waals surface area contributed by atoms with Gasteiger partial charge in [0.25, 0.3) is 0 Å².